The standard InChI is InChI=1S/C17H16N4O2/c1-12-4-2-3-5-15(12)20-17(22)21-10-14(11-21)23-16-7-6-13(8-18)9-19-16/h2-7,9,14H,10-11H2,1H3,(H,20,22). The maximum Gasteiger partial charge on any atom is 0.322 e. The molecule has 0 spiro atoms. The van der Waals surface area contributed by atoms with Crippen molar-refractivity contribution >= 4 is 11.7 Å². The fraction of sp³-hybridized carbons (Fsp3) is 0.235. The van der Waals surface area contributed by atoms with E-state index in [0.29, 0.717) is 24.5 Å². The number of urea groups is 1. The van der Waals surface area contributed by atoms with E-state index in [9.17, 15) is 4.79 Å². The molecule has 0 atom stereocenters. The summed E-state index contributed by atoms with van der Waals surface area (Å²) in [4.78, 5) is 17.9. The average Bonchev–Trinajstić information content (AvgIpc) is 2.53. The fourth-order valence-electron chi connectivity index (χ4n) is 2.27. The maximum atomic E-state index is 12.1. The van der Waals surface area contributed by atoms with Gasteiger partial charge >= 0.3 is 6.03 Å². The van der Waals surface area contributed by atoms with E-state index in [1.165, 1.54) is 6.20 Å². The Morgan fingerprint density at radius 2 is 2.13 bits per heavy atom. The zero-order valence-electron chi connectivity index (χ0n) is 12.7. The minimum Gasteiger partial charge on any atom is -0.471 e. The Hall–Kier alpha value is -3.07. The zero-order chi connectivity index (χ0) is 16.2. The van der Waals surface area contributed by atoms with E-state index in [0.717, 1.165) is 11.3 Å². The van der Waals surface area contributed by atoms with Crippen LogP contribution in [0.1, 0.15) is 11.1 Å². The van der Waals surface area contributed by atoms with Crippen molar-refractivity contribution in [2.24, 2.45) is 0 Å². The number of amides is 2. The van der Waals surface area contributed by atoms with Crippen molar-refractivity contribution in [1.29, 1.82) is 5.26 Å². The number of hydrogen-bond acceptors (Lipinski definition) is 4. The number of hydrogen-bond donors (Lipinski definition) is 1. The highest BCUT2D eigenvalue weighted by molar-refractivity contribution is 5.90. The molecule has 0 unspecified atom stereocenters. The van der Waals surface area contributed by atoms with Crippen LogP contribution in [-0.4, -0.2) is 35.1 Å². The van der Waals surface area contributed by atoms with Crippen LogP contribution >= 0.6 is 0 Å². The molecule has 1 N–H and O–H groups in total. The van der Waals surface area contributed by atoms with Crippen LogP contribution in [0.2, 0.25) is 0 Å². The third kappa shape index (κ3) is 3.40. The minimum atomic E-state index is -0.132. The predicted octanol–water partition coefficient (Wildman–Crippen LogP) is 2.56. The molecule has 3 rings (SSSR count). The number of carbonyl (C=O) groups is 1. The number of likely N-dealkylation sites (tertiary alicyclic amines) is 1. The number of benzene rings is 1. The van der Waals surface area contributed by atoms with E-state index in [2.05, 4.69) is 10.3 Å². The number of ether oxygens (including phenoxy) is 1. The molecule has 2 heterocycles. The molecule has 1 aromatic heterocycles. The Bertz CT molecular complexity index is 746. The van der Waals surface area contributed by atoms with Gasteiger partial charge in [0.1, 0.15) is 12.2 Å². The zero-order valence-corrected chi connectivity index (χ0v) is 12.7. The van der Waals surface area contributed by atoms with Crippen molar-refractivity contribution in [3.8, 4) is 11.9 Å². The van der Waals surface area contributed by atoms with Crippen LogP contribution in [0.25, 0.3) is 0 Å². The van der Waals surface area contributed by atoms with Gasteiger partial charge in [0.2, 0.25) is 5.88 Å². The molecule has 0 aliphatic carbocycles. The second-order valence-electron chi connectivity index (χ2n) is 5.39. The summed E-state index contributed by atoms with van der Waals surface area (Å²) in [5, 5.41) is 11.6. The first kappa shape index (κ1) is 14.9. The molecule has 0 saturated carbocycles. The van der Waals surface area contributed by atoms with E-state index in [-0.39, 0.29) is 12.1 Å². The quantitative estimate of drug-likeness (QED) is 0.945. The summed E-state index contributed by atoms with van der Waals surface area (Å²) in [5.74, 6) is 0.466. The van der Waals surface area contributed by atoms with E-state index in [1.54, 1.807) is 17.0 Å². The highest BCUT2D eigenvalue weighted by atomic mass is 16.5. The van der Waals surface area contributed by atoms with E-state index in [1.807, 2.05) is 37.3 Å². The van der Waals surface area contributed by atoms with Gasteiger partial charge in [0.25, 0.3) is 0 Å². The van der Waals surface area contributed by atoms with Crippen molar-refractivity contribution in [2.45, 2.75) is 13.0 Å². The molecular formula is C17H16N4O2. The van der Waals surface area contributed by atoms with Gasteiger partial charge in [0.05, 0.1) is 18.7 Å². The Labute approximate surface area is 134 Å². The summed E-state index contributed by atoms with van der Waals surface area (Å²) in [6.45, 7) is 2.98. The summed E-state index contributed by atoms with van der Waals surface area (Å²) < 4.78 is 5.66. The summed E-state index contributed by atoms with van der Waals surface area (Å²) in [6, 6.07) is 12.8. The number of nitrogens with one attached hydrogen (secondary N) is 1. The molecule has 1 aliphatic rings. The largest absolute Gasteiger partial charge is 0.471 e. The van der Waals surface area contributed by atoms with Gasteiger partial charge in [-0.15, -0.1) is 0 Å². The van der Waals surface area contributed by atoms with Crippen LogP contribution in [0.15, 0.2) is 42.6 Å². The SMILES string of the molecule is Cc1ccccc1NC(=O)N1CC(Oc2ccc(C#N)cn2)C1. The second kappa shape index (κ2) is 6.36. The minimum absolute atomic E-state index is 0.0712. The lowest BCUT2D eigenvalue weighted by Crippen LogP contribution is -2.57. The maximum absolute atomic E-state index is 12.1. The highest BCUT2D eigenvalue weighted by Gasteiger charge is 2.32. The van der Waals surface area contributed by atoms with Crippen LogP contribution in [-0.2, 0) is 0 Å². The lowest BCUT2D eigenvalue weighted by Gasteiger charge is -2.38. The third-order valence-electron chi connectivity index (χ3n) is 3.67. The van der Waals surface area contributed by atoms with Crippen molar-refractivity contribution in [2.75, 3.05) is 18.4 Å². The number of carbonyl (C=O) groups excluding carboxylic acids is 1. The molecule has 0 bridgehead atoms. The molecule has 1 aromatic carbocycles. The fourth-order valence-corrected chi connectivity index (χ4v) is 2.27. The number of aryl methyl sites for hydroxylation is 1. The molecule has 116 valence electrons. The van der Waals surface area contributed by atoms with Gasteiger partial charge in [0, 0.05) is 18.0 Å². The third-order valence-corrected chi connectivity index (χ3v) is 3.67. The molecule has 6 nitrogen and oxygen atoms in total. The van der Waals surface area contributed by atoms with Gasteiger partial charge in [-0.3, -0.25) is 0 Å². The Morgan fingerprint density at radius 1 is 1.35 bits per heavy atom. The van der Waals surface area contributed by atoms with Crippen molar-refractivity contribution in [1.82, 2.24) is 9.88 Å². The monoisotopic (exact) mass is 308 g/mol. The van der Waals surface area contributed by atoms with Crippen molar-refractivity contribution in [3.63, 3.8) is 0 Å². The first-order valence-corrected chi connectivity index (χ1v) is 7.30. The van der Waals surface area contributed by atoms with Gasteiger partial charge in [-0.25, -0.2) is 9.78 Å². The number of pyridine rings is 1. The molecule has 0 radical (unpaired) electrons. The van der Waals surface area contributed by atoms with Gasteiger partial charge in [-0.2, -0.15) is 5.26 Å². The van der Waals surface area contributed by atoms with Crippen LogP contribution in [0.4, 0.5) is 10.5 Å². The summed E-state index contributed by atoms with van der Waals surface area (Å²) in [5.41, 5.74) is 2.33. The van der Waals surface area contributed by atoms with Crippen LogP contribution in [0.3, 0.4) is 0 Å². The topological polar surface area (TPSA) is 78.3 Å². The number of anilines is 1. The summed E-state index contributed by atoms with van der Waals surface area (Å²) in [6.07, 6.45) is 1.40. The van der Waals surface area contributed by atoms with Crippen molar-refractivity contribution in [3.05, 3.63) is 53.7 Å². The number of rotatable bonds is 3. The molecule has 1 fully saturated rings. The smallest absolute Gasteiger partial charge is 0.322 e. The number of nitrogens with zero attached hydrogens (tertiary/aromatic N) is 3. The number of aromatic nitrogens is 1. The Balaban J connectivity index is 1.49. The molecule has 1 aliphatic heterocycles. The van der Waals surface area contributed by atoms with E-state index < -0.39 is 0 Å². The molecule has 23 heavy (non-hydrogen) atoms. The molecular weight excluding hydrogens is 292 g/mol. The van der Waals surface area contributed by atoms with E-state index >= 15 is 0 Å². The van der Waals surface area contributed by atoms with Crippen LogP contribution < -0.4 is 10.1 Å². The molecule has 2 amide bonds. The summed E-state index contributed by atoms with van der Waals surface area (Å²) >= 11 is 0. The van der Waals surface area contributed by atoms with Gasteiger partial charge < -0.3 is 15.0 Å². The highest BCUT2D eigenvalue weighted by Crippen LogP contribution is 2.19. The van der Waals surface area contributed by atoms with Crippen molar-refractivity contribution < 1.29 is 9.53 Å². The predicted molar refractivity (Wildman–Crippen MR) is 85.1 cm³/mol. The lowest BCUT2D eigenvalue weighted by molar-refractivity contribution is 0.0461. The van der Waals surface area contributed by atoms with Gasteiger partial charge in [-0.1, -0.05) is 18.2 Å². The Morgan fingerprint density at radius 3 is 2.78 bits per heavy atom. The summed E-state index contributed by atoms with van der Waals surface area (Å²) in [7, 11) is 0. The molecule has 2 aromatic rings. The first-order valence-electron chi connectivity index (χ1n) is 7.30. The van der Waals surface area contributed by atoms with Gasteiger partial charge in [0.15, 0.2) is 0 Å². The molecule has 1 saturated heterocycles. The average molecular weight is 308 g/mol. The number of nitriles is 1. The Kier molecular flexibility index (Phi) is 4.11. The van der Waals surface area contributed by atoms with Gasteiger partial charge in [-0.05, 0) is 24.6 Å². The van der Waals surface area contributed by atoms with Crippen LogP contribution in [0, 0.1) is 18.3 Å². The van der Waals surface area contributed by atoms with Crippen LogP contribution in [0.5, 0.6) is 5.88 Å². The first-order chi connectivity index (χ1) is 11.2. The lowest BCUT2D eigenvalue weighted by atomic mass is 10.1. The normalized spacial score (nSPS) is 13.8. The number of para-hydroxylation sites is 1. The second-order valence-corrected chi connectivity index (χ2v) is 5.39. The molecule has 6 heteroatoms. The van der Waals surface area contributed by atoms with E-state index in [4.69, 9.17) is 10.00 Å².